The van der Waals surface area contributed by atoms with Crippen LogP contribution in [0.1, 0.15) is 25.5 Å². The summed E-state index contributed by atoms with van der Waals surface area (Å²) < 4.78 is 11.2. The van der Waals surface area contributed by atoms with E-state index in [4.69, 9.17) is 9.47 Å². The first-order chi connectivity index (χ1) is 8.61. The molecule has 100 valence electrons. The first-order valence-corrected chi connectivity index (χ1v) is 6.30. The van der Waals surface area contributed by atoms with Crippen molar-refractivity contribution in [2.24, 2.45) is 0 Å². The van der Waals surface area contributed by atoms with Gasteiger partial charge in [-0.05, 0) is 19.4 Å². The SMILES string of the molecule is CC1(C)OCC(N[C@H](CO)c2ccccc2)CO1. The predicted octanol–water partition coefficient (Wildman–Crippen LogP) is 1.46. The van der Waals surface area contributed by atoms with Gasteiger partial charge in [0.1, 0.15) is 0 Å². The molecule has 0 unspecified atom stereocenters. The highest BCUT2D eigenvalue weighted by atomic mass is 16.7. The third kappa shape index (κ3) is 3.53. The van der Waals surface area contributed by atoms with E-state index < -0.39 is 5.79 Å². The van der Waals surface area contributed by atoms with Gasteiger partial charge in [0.2, 0.25) is 0 Å². The van der Waals surface area contributed by atoms with Crippen LogP contribution < -0.4 is 5.32 Å². The topological polar surface area (TPSA) is 50.7 Å². The summed E-state index contributed by atoms with van der Waals surface area (Å²) in [6.07, 6.45) is 0. The monoisotopic (exact) mass is 251 g/mol. The van der Waals surface area contributed by atoms with Crippen LogP contribution in [0.4, 0.5) is 0 Å². The van der Waals surface area contributed by atoms with Gasteiger partial charge in [-0.3, -0.25) is 0 Å². The summed E-state index contributed by atoms with van der Waals surface area (Å²) in [6, 6.07) is 9.94. The fourth-order valence-corrected chi connectivity index (χ4v) is 2.01. The van der Waals surface area contributed by atoms with Crippen molar-refractivity contribution in [2.45, 2.75) is 31.7 Å². The van der Waals surface area contributed by atoms with Crippen molar-refractivity contribution in [1.29, 1.82) is 0 Å². The largest absolute Gasteiger partial charge is 0.394 e. The molecule has 1 fully saturated rings. The number of rotatable bonds is 4. The molecule has 0 spiro atoms. The fourth-order valence-electron chi connectivity index (χ4n) is 2.01. The van der Waals surface area contributed by atoms with Gasteiger partial charge in [-0.2, -0.15) is 0 Å². The number of hydrogen-bond donors (Lipinski definition) is 2. The Morgan fingerprint density at radius 1 is 1.28 bits per heavy atom. The second-order valence-electron chi connectivity index (χ2n) is 5.03. The van der Waals surface area contributed by atoms with Crippen LogP contribution in [-0.2, 0) is 9.47 Å². The van der Waals surface area contributed by atoms with Crippen LogP contribution in [0.15, 0.2) is 30.3 Å². The average Bonchev–Trinajstić information content (AvgIpc) is 2.39. The van der Waals surface area contributed by atoms with Crippen LogP contribution in [0, 0.1) is 0 Å². The molecule has 4 nitrogen and oxygen atoms in total. The minimum absolute atomic E-state index is 0.0594. The molecule has 1 aromatic rings. The number of nitrogens with one attached hydrogen (secondary N) is 1. The van der Waals surface area contributed by atoms with Gasteiger partial charge in [0.25, 0.3) is 0 Å². The molecule has 0 saturated carbocycles. The molecule has 0 bridgehead atoms. The van der Waals surface area contributed by atoms with E-state index in [0.717, 1.165) is 5.56 Å². The lowest BCUT2D eigenvalue weighted by Gasteiger charge is -2.36. The van der Waals surface area contributed by atoms with Gasteiger partial charge in [0, 0.05) is 0 Å². The van der Waals surface area contributed by atoms with Crippen LogP contribution in [-0.4, -0.2) is 36.8 Å². The number of aliphatic hydroxyl groups is 1. The molecule has 2 N–H and O–H groups in total. The van der Waals surface area contributed by atoms with Gasteiger partial charge in [-0.15, -0.1) is 0 Å². The van der Waals surface area contributed by atoms with Crippen LogP contribution in [0.5, 0.6) is 0 Å². The second kappa shape index (κ2) is 5.80. The zero-order valence-corrected chi connectivity index (χ0v) is 10.9. The Hall–Kier alpha value is -0.940. The Labute approximate surface area is 108 Å². The molecular weight excluding hydrogens is 230 g/mol. The van der Waals surface area contributed by atoms with E-state index >= 15 is 0 Å². The molecule has 1 aromatic carbocycles. The van der Waals surface area contributed by atoms with E-state index in [1.54, 1.807) is 0 Å². The molecule has 0 aliphatic carbocycles. The number of aliphatic hydroxyl groups excluding tert-OH is 1. The Morgan fingerprint density at radius 3 is 2.44 bits per heavy atom. The van der Waals surface area contributed by atoms with Gasteiger partial charge < -0.3 is 19.9 Å². The maximum absolute atomic E-state index is 9.47. The van der Waals surface area contributed by atoms with Gasteiger partial charge in [-0.25, -0.2) is 0 Å². The van der Waals surface area contributed by atoms with Crippen LogP contribution in [0.3, 0.4) is 0 Å². The lowest BCUT2D eigenvalue weighted by molar-refractivity contribution is -0.253. The van der Waals surface area contributed by atoms with Gasteiger partial charge in [-0.1, -0.05) is 30.3 Å². The highest BCUT2D eigenvalue weighted by molar-refractivity contribution is 5.19. The molecule has 2 rings (SSSR count). The Balaban J connectivity index is 1.92. The van der Waals surface area contributed by atoms with Crippen LogP contribution in [0.25, 0.3) is 0 Å². The molecule has 4 heteroatoms. The molecule has 1 aliphatic rings. The molecule has 1 atom stereocenters. The number of benzene rings is 1. The van der Waals surface area contributed by atoms with E-state index in [9.17, 15) is 5.11 Å². The van der Waals surface area contributed by atoms with E-state index in [1.807, 2.05) is 44.2 Å². The van der Waals surface area contributed by atoms with E-state index in [2.05, 4.69) is 5.32 Å². The molecular formula is C14H21NO3. The maximum atomic E-state index is 9.47. The van der Waals surface area contributed by atoms with Crippen molar-refractivity contribution < 1.29 is 14.6 Å². The lowest BCUT2D eigenvalue weighted by Crippen LogP contribution is -2.49. The van der Waals surface area contributed by atoms with E-state index in [-0.39, 0.29) is 18.7 Å². The molecule has 1 aliphatic heterocycles. The third-order valence-corrected chi connectivity index (χ3v) is 3.09. The summed E-state index contributed by atoms with van der Waals surface area (Å²) in [4.78, 5) is 0. The van der Waals surface area contributed by atoms with Gasteiger partial charge >= 0.3 is 0 Å². The first kappa shape index (κ1) is 13.5. The van der Waals surface area contributed by atoms with Crippen molar-refractivity contribution >= 4 is 0 Å². The van der Waals surface area contributed by atoms with Crippen molar-refractivity contribution in [3.8, 4) is 0 Å². The standard InChI is InChI=1S/C14H21NO3/c1-14(2)17-9-12(10-18-14)15-13(8-16)11-6-4-3-5-7-11/h3-7,12-13,15-16H,8-10H2,1-2H3/t13-/m1/s1. The van der Waals surface area contributed by atoms with E-state index in [0.29, 0.717) is 13.2 Å². The summed E-state index contributed by atoms with van der Waals surface area (Å²) in [6.45, 7) is 5.06. The summed E-state index contributed by atoms with van der Waals surface area (Å²) in [5, 5.41) is 12.8. The summed E-state index contributed by atoms with van der Waals surface area (Å²) in [5.41, 5.74) is 1.07. The highest BCUT2D eigenvalue weighted by Gasteiger charge is 2.29. The molecule has 18 heavy (non-hydrogen) atoms. The van der Waals surface area contributed by atoms with Gasteiger partial charge in [0.15, 0.2) is 5.79 Å². The minimum Gasteiger partial charge on any atom is -0.394 e. The molecule has 1 saturated heterocycles. The quantitative estimate of drug-likeness (QED) is 0.850. The van der Waals surface area contributed by atoms with Crippen molar-refractivity contribution in [3.05, 3.63) is 35.9 Å². The number of hydrogen-bond acceptors (Lipinski definition) is 4. The zero-order chi connectivity index (χ0) is 13.0. The van der Waals surface area contributed by atoms with Crippen molar-refractivity contribution in [3.63, 3.8) is 0 Å². The van der Waals surface area contributed by atoms with Crippen molar-refractivity contribution in [2.75, 3.05) is 19.8 Å². The molecule has 0 aromatic heterocycles. The minimum atomic E-state index is -0.500. The Bertz CT molecular complexity index is 357. The predicted molar refractivity (Wildman–Crippen MR) is 69.2 cm³/mol. The van der Waals surface area contributed by atoms with Gasteiger partial charge in [0.05, 0.1) is 31.9 Å². The maximum Gasteiger partial charge on any atom is 0.162 e. The first-order valence-electron chi connectivity index (χ1n) is 6.30. The summed E-state index contributed by atoms with van der Waals surface area (Å²) in [5.74, 6) is -0.500. The second-order valence-corrected chi connectivity index (χ2v) is 5.03. The summed E-state index contributed by atoms with van der Waals surface area (Å²) in [7, 11) is 0. The highest BCUT2D eigenvalue weighted by Crippen LogP contribution is 2.19. The van der Waals surface area contributed by atoms with Crippen LogP contribution >= 0.6 is 0 Å². The normalized spacial score (nSPS) is 21.7. The average molecular weight is 251 g/mol. The molecule has 0 radical (unpaired) electrons. The summed E-state index contributed by atoms with van der Waals surface area (Å²) >= 11 is 0. The Morgan fingerprint density at radius 2 is 1.89 bits per heavy atom. The lowest BCUT2D eigenvalue weighted by atomic mass is 10.1. The zero-order valence-electron chi connectivity index (χ0n) is 10.9. The Kier molecular flexibility index (Phi) is 4.35. The molecule has 1 heterocycles. The van der Waals surface area contributed by atoms with Crippen LogP contribution in [0.2, 0.25) is 0 Å². The fraction of sp³-hybridized carbons (Fsp3) is 0.571. The third-order valence-electron chi connectivity index (χ3n) is 3.09. The van der Waals surface area contributed by atoms with E-state index in [1.165, 1.54) is 0 Å². The smallest absolute Gasteiger partial charge is 0.162 e. The number of ether oxygens (including phenoxy) is 2. The van der Waals surface area contributed by atoms with Crippen molar-refractivity contribution in [1.82, 2.24) is 5.32 Å². The molecule has 0 amide bonds.